The Kier molecular flexibility index (Phi) is 5.02. The van der Waals surface area contributed by atoms with E-state index >= 15 is 0 Å². The van der Waals surface area contributed by atoms with Gasteiger partial charge in [0.2, 0.25) is 0 Å². The van der Waals surface area contributed by atoms with Crippen molar-refractivity contribution >= 4 is 51.6 Å². The number of hydrogen-bond acceptors (Lipinski definition) is 3. The molecule has 1 aromatic carbocycles. The standard InChI is InChI=1S/C14H12IN3OS/c1-9-4-2-3-5-11(9)13(19)18-14(20)17-12-7-6-10(15)8-16-12/h2-8H,1H3,(H2,16,17,18,19,20). The number of nitrogens with zero attached hydrogens (tertiary/aromatic N) is 1. The van der Waals surface area contributed by atoms with Crippen LogP contribution in [0.4, 0.5) is 5.82 Å². The molecule has 1 heterocycles. The first-order valence-corrected chi connectivity index (χ1v) is 7.34. The number of thiocarbonyl (C=S) groups is 1. The van der Waals surface area contributed by atoms with Crippen LogP contribution in [0.5, 0.6) is 0 Å². The van der Waals surface area contributed by atoms with Crippen LogP contribution in [0.1, 0.15) is 15.9 Å². The third-order valence-corrected chi connectivity index (χ3v) is 3.43. The quantitative estimate of drug-likeness (QED) is 0.604. The van der Waals surface area contributed by atoms with Gasteiger partial charge in [0, 0.05) is 15.3 Å². The van der Waals surface area contributed by atoms with Gasteiger partial charge >= 0.3 is 0 Å². The fourth-order valence-electron chi connectivity index (χ4n) is 1.60. The van der Waals surface area contributed by atoms with Crippen molar-refractivity contribution in [2.75, 3.05) is 5.32 Å². The van der Waals surface area contributed by atoms with Gasteiger partial charge in [-0.25, -0.2) is 4.98 Å². The zero-order valence-corrected chi connectivity index (χ0v) is 13.7. The average molecular weight is 397 g/mol. The number of halogens is 1. The van der Waals surface area contributed by atoms with Gasteiger partial charge in [0.15, 0.2) is 5.11 Å². The monoisotopic (exact) mass is 397 g/mol. The van der Waals surface area contributed by atoms with Crippen LogP contribution in [0.2, 0.25) is 0 Å². The van der Waals surface area contributed by atoms with Crippen LogP contribution in [0, 0.1) is 10.5 Å². The highest BCUT2D eigenvalue weighted by molar-refractivity contribution is 14.1. The normalized spacial score (nSPS) is 9.90. The largest absolute Gasteiger partial charge is 0.317 e. The van der Waals surface area contributed by atoms with Crippen molar-refractivity contribution < 1.29 is 4.79 Å². The van der Waals surface area contributed by atoms with Crippen molar-refractivity contribution in [1.82, 2.24) is 10.3 Å². The minimum Gasteiger partial charge on any atom is -0.317 e. The minimum absolute atomic E-state index is 0.229. The van der Waals surface area contributed by atoms with Crippen LogP contribution >= 0.6 is 34.8 Å². The van der Waals surface area contributed by atoms with Crippen molar-refractivity contribution in [3.63, 3.8) is 0 Å². The van der Waals surface area contributed by atoms with Gasteiger partial charge in [-0.05, 0) is 65.5 Å². The molecular weight excluding hydrogens is 385 g/mol. The maximum absolute atomic E-state index is 12.1. The van der Waals surface area contributed by atoms with Crippen molar-refractivity contribution in [3.8, 4) is 0 Å². The Balaban J connectivity index is 2.00. The highest BCUT2D eigenvalue weighted by atomic mass is 127. The van der Waals surface area contributed by atoms with Crippen molar-refractivity contribution in [3.05, 3.63) is 57.3 Å². The second-order valence-electron chi connectivity index (χ2n) is 4.08. The summed E-state index contributed by atoms with van der Waals surface area (Å²) >= 11 is 7.27. The number of carbonyl (C=O) groups is 1. The number of amides is 1. The van der Waals surface area contributed by atoms with Gasteiger partial charge < -0.3 is 5.32 Å². The molecule has 2 N–H and O–H groups in total. The number of aryl methyl sites for hydroxylation is 1. The van der Waals surface area contributed by atoms with E-state index in [9.17, 15) is 4.79 Å². The van der Waals surface area contributed by atoms with Crippen LogP contribution in [0.3, 0.4) is 0 Å². The Morgan fingerprint density at radius 3 is 2.65 bits per heavy atom. The van der Waals surface area contributed by atoms with E-state index in [1.807, 2.05) is 31.2 Å². The molecule has 2 rings (SSSR count). The van der Waals surface area contributed by atoms with Crippen LogP contribution in [0.15, 0.2) is 42.6 Å². The second-order valence-corrected chi connectivity index (χ2v) is 5.74. The molecule has 2 aromatic rings. The second kappa shape index (κ2) is 6.76. The Labute approximate surface area is 136 Å². The molecule has 0 bridgehead atoms. The Hall–Kier alpha value is -1.54. The summed E-state index contributed by atoms with van der Waals surface area (Å²) < 4.78 is 1.03. The van der Waals surface area contributed by atoms with Crippen LogP contribution < -0.4 is 10.6 Å². The molecule has 0 aliphatic carbocycles. The lowest BCUT2D eigenvalue weighted by molar-refractivity contribution is 0.0977. The summed E-state index contributed by atoms with van der Waals surface area (Å²) in [6.07, 6.45) is 1.72. The van der Waals surface area contributed by atoms with E-state index < -0.39 is 0 Å². The molecule has 0 saturated heterocycles. The number of aromatic nitrogens is 1. The number of benzene rings is 1. The molecule has 0 radical (unpaired) electrons. The van der Waals surface area contributed by atoms with Crippen LogP contribution in [-0.2, 0) is 0 Å². The van der Waals surface area contributed by atoms with E-state index in [-0.39, 0.29) is 11.0 Å². The van der Waals surface area contributed by atoms with E-state index in [2.05, 4.69) is 38.2 Å². The van der Waals surface area contributed by atoms with Gasteiger partial charge in [-0.1, -0.05) is 18.2 Å². The molecular formula is C14H12IN3OS. The summed E-state index contributed by atoms with van der Waals surface area (Å²) in [5.41, 5.74) is 1.51. The lowest BCUT2D eigenvalue weighted by Crippen LogP contribution is -2.34. The fraction of sp³-hybridized carbons (Fsp3) is 0.0714. The van der Waals surface area contributed by atoms with Gasteiger partial charge in [-0.15, -0.1) is 0 Å². The number of rotatable bonds is 2. The molecule has 102 valence electrons. The topological polar surface area (TPSA) is 54.0 Å². The summed E-state index contributed by atoms with van der Waals surface area (Å²) in [5, 5.41) is 5.74. The smallest absolute Gasteiger partial charge is 0.257 e. The summed E-state index contributed by atoms with van der Waals surface area (Å²) in [7, 11) is 0. The summed E-state index contributed by atoms with van der Waals surface area (Å²) in [6, 6.07) is 11.1. The molecule has 0 spiro atoms. The summed E-state index contributed by atoms with van der Waals surface area (Å²) in [6.45, 7) is 1.88. The van der Waals surface area contributed by atoms with E-state index in [0.717, 1.165) is 9.13 Å². The minimum atomic E-state index is -0.230. The maximum Gasteiger partial charge on any atom is 0.257 e. The van der Waals surface area contributed by atoms with Gasteiger partial charge in [-0.2, -0.15) is 0 Å². The van der Waals surface area contributed by atoms with Gasteiger partial charge in [-0.3, -0.25) is 10.1 Å². The fourth-order valence-corrected chi connectivity index (χ4v) is 2.11. The van der Waals surface area contributed by atoms with E-state index in [0.29, 0.717) is 11.4 Å². The lowest BCUT2D eigenvalue weighted by Gasteiger charge is -2.10. The molecule has 6 heteroatoms. The molecule has 0 aliphatic heterocycles. The number of carbonyl (C=O) groups excluding carboxylic acids is 1. The Morgan fingerprint density at radius 2 is 2.00 bits per heavy atom. The van der Waals surface area contributed by atoms with Crippen LogP contribution in [-0.4, -0.2) is 16.0 Å². The Morgan fingerprint density at radius 1 is 1.25 bits per heavy atom. The first-order chi connectivity index (χ1) is 9.56. The van der Waals surface area contributed by atoms with Gasteiger partial charge in [0.05, 0.1) is 0 Å². The molecule has 0 aliphatic rings. The summed E-state index contributed by atoms with van der Waals surface area (Å²) in [5.74, 6) is 0.367. The number of pyridine rings is 1. The molecule has 0 fully saturated rings. The van der Waals surface area contributed by atoms with E-state index in [1.54, 1.807) is 18.3 Å². The zero-order chi connectivity index (χ0) is 14.5. The molecule has 4 nitrogen and oxygen atoms in total. The van der Waals surface area contributed by atoms with E-state index in [1.165, 1.54) is 0 Å². The number of hydrogen-bond donors (Lipinski definition) is 2. The number of anilines is 1. The van der Waals surface area contributed by atoms with Gasteiger partial charge in [0.25, 0.3) is 5.91 Å². The molecule has 0 atom stereocenters. The Bertz CT molecular complexity index is 643. The lowest BCUT2D eigenvalue weighted by atomic mass is 10.1. The van der Waals surface area contributed by atoms with E-state index in [4.69, 9.17) is 12.2 Å². The molecule has 1 amide bonds. The SMILES string of the molecule is Cc1ccccc1C(=O)NC(=S)Nc1ccc(I)cn1. The number of nitrogens with one attached hydrogen (secondary N) is 2. The molecule has 0 saturated carbocycles. The van der Waals surface area contributed by atoms with Crippen molar-refractivity contribution in [1.29, 1.82) is 0 Å². The highest BCUT2D eigenvalue weighted by Crippen LogP contribution is 2.08. The van der Waals surface area contributed by atoms with Crippen LogP contribution in [0.25, 0.3) is 0 Å². The molecule has 20 heavy (non-hydrogen) atoms. The third-order valence-electron chi connectivity index (χ3n) is 2.59. The zero-order valence-electron chi connectivity index (χ0n) is 10.7. The van der Waals surface area contributed by atoms with Crippen molar-refractivity contribution in [2.45, 2.75) is 6.92 Å². The predicted octanol–water partition coefficient (Wildman–Crippen LogP) is 3.12. The summed E-state index contributed by atoms with van der Waals surface area (Å²) in [4.78, 5) is 16.2. The maximum atomic E-state index is 12.1. The first-order valence-electron chi connectivity index (χ1n) is 5.86. The molecule has 1 aromatic heterocycles. The third kappa shape index (κ3) is 3.97. The highest BCUT2D eigenvalue weighted by Gasteiger charge is 2.10. The van der Waals surface area contributed by atoms with Gasteiger partial charge in [0.1, 0.15) is 5.82 Å². The van der Waals surface area contributed by atoms with Crippen molar-refractivity contribution in [2.24, 2.45) is 0 Å². The predicted molar refractivity (Wildman–Crippen MR) is 91.8 cm³/mol. The average Bonchev–Trinajstić information content (AvgIpc) is 2.41. The molecule has 0 unspecified atom stereocenters. The first kappa shape index (κ1) is 14.9.